The summed E-state index contributed by atoms with van der Waals surface area (Å²) in [6, 6.07) is 62.3. The zero-order valence-electron chi connectivity index (χ0n) is 29.5. The van der Waals surface area contributed by atoms with Crippen molar-refractivity contribution in [1.29, 1.82) is 0 Å². The second kappa shape index (κ2) is 13.7. The van der Waals surface area contributed by atoms with Crippen LogP contribution >= 0.6 is 0 Å². The fraction of sp³-hybridized carbons (Fsp3) is 0.0196. The Morgan fingerprint density at radius 3 is 1.79 bits per heavy atom. The highest BCUT2D eigenvalue weighted by Gasteiger charge is 2.19. The van der Waals surface area contributed by atoms with Crippen LogP contribution in [0.25, 0.3) is 71.3 Å². The summed E-state index contributed by atoms with van der Waals surface area (Å²) in [4.78, 5) is 2.29. The maximum absolute atomic E-state index is 6.58. The minimum Gasteiger partial charge on any atom is -0.454 e. The van der Waals surface area contributed by atoms with Crippen LogP contribution in [0, 0.1) is 0 Å². The maximum atomic E-state index is 6.58. The van der Waals surface area contributed by atoms with Crippen LogP contribution in [0.5, 0.6) is 0 Å². The predicted octanol–water partition coefficient (Wildman–Crippen LogP) is 14.5. The van der Waals surface area contributed by atoms with Crippen LogP contribution in [0.1, 0.15) is 12.5 Å². The highest BCUT2D eigenvalue weighted by atomic mass is 16.3. The van der Waals surface area contributed by atoms with Gasteiger partial charge in [0.1, 0.15) is 5.58 Å². The van der Waals surface area contributed by atoms with Gasteiger partial charge in [-0.2, -0.15) is 0 Å². The molecule has 0 aliphatic heterocycles. The van der Waals surface area contributed by atoms with E-state index in [0.29, 0.717) is 0 Å². The number of hydrogen-bond acceptors (Lipinski definition) is 2. The van der Waals surface area contributed by atoms with E-state index in [2.05, 4.69) is 194 Å². The smallest absolute Gasteiger partial charge is 0.159 e. The van der Waals surface area contributed by atoms with Gasteiger partial charge in [-0.05, 0) is 98.3 Å². The standard InChI is InChI=1S/C51H37NO/c1-3-36(48-34-41-16-7-8-17-43(41)44-18-9-10-19-45(44)48)25-24-35(2)52(49-22-13-21-47-46-20-11-12-23-50(46)53-51(47)49)42-32-30-40(31-33-42)39-28-26-38(27-29-39)37-14-5-4-6-15-37/h3-34H,1H2,2H3/b35-24+,36-25+. The number of nitrogens with zero attached hydrogens (tertiary/aromatic N) is 1. The molecule has 0 spiro atoms. The Bertz CT molecular complexity index is 2840. The van der Waals surface area contributed by atoms with Crippen molar-refractivity contribution in [1.82, 2.24) is 0 Å². The molecule has 0 aliphatic carbocycles. The van der Waals surface area contributed by atoms with Crippen LogP contribution in [0.2, 0.25) is 0 Å². The zero-order valence-corrected chi connectivity index (χ0v) is 29.5. The zero-order chi connectivity index (χ0) is 35.7. The SMILES string of the molecule is C=C/C(=C\C=C(/C)N(c1ccc(-c2ccc(-c3ccccc3)cc2)cc1)c1cccc2c1oc1ccccc12)c1cc2ccccc2c2ccccc12. The van der Waals surface area contributed by atoms with Gasteiger partial charge in [0.05, 0.1) is 5.69 Å². The molecule has 252 valence electrons. The minimum atomic E-state index is 0.857. The van der Waals surface area contributed by atoms with E-state index in [0.717, 1.165) is 55.7 Å². The summed E-state index contributed by atoms with van der Waals surface area (Å²) in [6.07, 6.45) is 6.34. The van der Waals surface area contributed by atoms with Crippen LogP contribution in [-0.2, 0) is 0 Å². The Morgan fingerprint density at radius 1 is 0.509 bits per heavy atom. The van der Waals surface area contributed by atoms with Crippen LogP contribution in [-0.4, -0.2) is 0 Å². The number of anilines is 2. The van der Waals surface area contributed by atoms with Crippen molar-refractivity contribution in [2.24, 2.45) is 0 Å². The van der Waals surface area contributed by atoms with E-state index in [4.69, 9.17) is 4.42 Å². The summed E-state index contributed by atoms with van der Waals surface area (Å²) in [7, 11) is 0. The molecule has 9 aromatic rings. The molecule has 8 aromatic carbocycles. The van der Waals surface area contributed by atoms with Gasteiger partial charge in [-0.25, -0.2) is 0 Å². The van der Waals surface area contributed by atoms with Gasteiger partial charge in [-0.1, -0.05) is 164 Å². The molecular formula is C51H37NO. The first-order valence-corrected chi connectivity index (χ1v) is 18.0. The van der Waals surface area contributed by atoms with E-state index in [1.807, 2.05) is 18.2 Å². The topological polar surface area (TPSA) is 16.4 Å². The molecule has 2 heteroatoms. The maximum Gasteiger partial charge on any atom is 0.159 e. The average molecular weight is 680 g/mol. The molecule has 53 heavy (non-hydrogen) atoms. The average Bonchev–Trinajstić information content (AvgIpc) is 3.61. The fourth-order valence-corrected chi connectivity index (χ4v) is 7.58. The number of allylic oxidation sites excluding steroid dienone is 5. The largest absolute Gasteiger partial charge is 0.454 e. The molecule has 0 unspecified atom stereocenters. The number of fused-ring (bicyclic) bond motifs is 6. The number of para-hydroxylation sites is 2. The monoisotopic (exact) mass is 679 g/mol. The van der Waals surface area contributed by atoms with Crippen molar-refractivity contribution in [2.75, 3.05) is 4.90 Å². The Labute approximate surface area is 309 Å². The van der Waals surface area contributed by atoms with Crippen LogP contribution in [0.3, 0.4) is 0 Å². The lowest BCUT2D eigenvalue weighted by Gasteiger charge is -2.26. The first kappa shape index (κ1) is 32.0. The fourth-order valence-electron chi connectivity index (χ4n) is 7.58. The first-order chi connectivity index (χ1) is 26.2. The van der Waals surface area contributed by atoms with Gasteiger partial charge in [-0.3, -0.25) is 0 Å². The number of rotatable bonds is 8. The van der Waals surface area contributed by atoms with Crippen molar-refractivity contribution >= 4 is 60.4 Å². The molecule has 0 saturated carbocycles. The second-order valence-corrected chi connectivity index (χ2v) is 13.4. The van der Waals surface area contributed by atoms with E-state index in [9.17, 15) is 0 Å². The molecule has 1 heterocycles. The van der Waals surface area contributed by atoms with Crippen molar-refractivity contribution in [2.45, 2.75) is 6.92 Å². The van der Waals surface area contributed by atoms with Gasteiger partial charge in [0.25, 0.3) is 0 Å². The molecular weight excluding hydrogens is 643 g/mol. The molecule has 9 rings (SSSR count). The normalized spacial score (nSPS) is 12.2. The molecule has 0 fully saturated rings. The molecule has 0 aliphatic rings. The van der Waals surface area contributed by atoms with Gasteiger partial charge >= 0.3 is 0 Å². The van der Waals surface area contributed by atoms with E-state index >= 15 is 0 Å². The third-order valence-corrected chi connectivity index (χ3v) is 10.2. The van der Waals surface area contributed by atoms with Crippen molar-refractivity contribution in [3.8, 4) is 22.3 Å². The molecule has 1 aromatic heterocycles. The Hall–Kier alpha value is -6.90. The van der Waals surface area contributed by atoms with Crippen molar-refractivity contribution in [3.63, 3.8) is 0 Å². The summed E-state index contributed by atoms with van der Waals surface area (Å²) in [5.41, 5.74) is 11.8. The van der Waals surface area contributed by atoms with E-state index < -0.39 is 0 Å². The van der Waals surface area contributed by atoms with E-state index in [1.54, 1.807) is 0 Å². The third kappa shape index (κ3) is 5.91. The van der Waals surface area contributed by atoms with Crippen LogP contribution in [0.4, 0.5) is 11.4 Å². The number of benzene rings is 8. The molecule has 0 radical (unpaired) electrons. The van der Waals surface area contributed by atoms with Gasteiger partial charge < -0.3 is 9.32 Å². The Kier molecular flexibility index (Phi) is 8.26. The molecule has 0 atom stereocenters. The van der Waals surface area contributed by atoms with Gasteiger partial charge in [0.2, 0.25) is 0 Å². The van der Waals surface area contributed by atoms with E-state index in [-0.39, 0.29) is 0 Å². The van der Waals surface area contributed by atoms with Gasteiger partial charge in [0.15, 0.2) is 5.58 Å². The van der Waals surface area contributed by atoms with Crippen LogP contribution in [0.15, 0.2) is 211 Å². The Morgan fingerprint density at radius 2 is 1.08 bits per heavy atom. The highest BCUT2D eigenvalue weighted by Crippen LogP contribution is 2.41. The minimum absolute atomic E-state index is 0.857. The highest BCUT2D eigenvalue weighted by molar-refractivity contribution is 6.13. The second-order valence-electron chi connectivity index (χ2n) is 13.4. The molecule has 0 N–H and O–H groups in total. The summed E-state index contributed by atoms with van der Waals surface area (Å²) >= 11 is 0. The van der Waals surface area contributed by atoms with Crippen molar-refractivity contribution in [3.05, 3.63) is 212 Å². The summed E-state index contributed by atoms with van der Waals surface area (Å²) in [6.45, 7) is 6.42. The first-order valence-electron chi connectivity index (χ1n) is 18.0. The van der Waals surface area contributed by atoms with Crippen LogP contribution < -0.4 is 4.90 Å². The van der Waals surface area contributed by atoms with Crippen molar-refractivity contribution < 1.29 is 4.42 Å². The molecule has 0 saturated heterocycles. The lowest BCUT2D eigenvalue weighted by atomic mass is 9.93. The summed E-state index contributed by atoms with van der Waals surface area (Å²) in [5.74, 6) is 0. The Balaban J connectivity index is 1.15. The summed E-state index contributed by atoms with van der Waals surface area (Å²) < 4.78 is 6.58. The quantitative estimate of drug-likeness (QED) is 0.117. The number of hydrogen-bond donors (Lipinski definition) is 0. The number of furan rings is 1. The third-order valence-electron chi connectivity index (χ3n) is 10.2. The molecule has 0 amide bonds. The van der Waals surface area contributed by atoms with Gasteiger partial charge in [-0.15, -0.1) is 0 Å². The lowest BCUT2D eigenvalue weighted by molar-refractivity contribution is 0.668. The molecule has 2 nitrogen and oxygen atoms in total. The lowest BCUT2D eigenvalue weighted by Crippen LogP contribution is -2.14. The van der Waals surface area contributed by atoms with E-state index in [1.165, 1.54) is 38.2 Å². The predicted molar refractivity (Wildman–Crippen MR) is 227 cm³/mol. The van der Waals surface area contributed by atoms with Gasteiger partial charge in [0, 0.05) is 22.2 Å². The molecule has 0 bridgehead atoms. The summed E-state index contributed by atoms with van der Waals surface area (Å²) in [5, 5.41) is 7.11.